The van der Waals surface area contributed by atoms with Crippen molar-refractivity contribution in [3.05, 3.63) is 29.8 Å². The van der Waals surface area contributed by atoms with Gasteiger partial charge in [0.15, 0.2) is 5.11 Å². The van der Waals surface area contributed by atoms with Crippen molar-refractivity contribution in [3.8, 4) is 0 Å². The van der Waals surface area contributed by atoms with Gasteiger partial charge in [0.1, 0.15) is 10.7 Å². The molecule has 4 nitrogen and oxygen atoms in total. The summed E-state index contributed by atoms with van der Waals surface area (Å²) in [5, 5.41) is 2.65. The van der Waals surface area contributed by atoms with Crippen LogP contribution in [0.4, 0.5) is 5.69 Å². The maximum atomic E-state index is 11.7. The Hall–Kier alpha value is -1.14. The van der Waals surface area contributed by atoms with E-state index in [2.05, 4.69) is 12.2 Å². The van der Waals surface area contributed by atoms with E-state index in [0.717, 1.165) is 24.1 Å². The van der Waals surface area contributed by atoms with Crippen LogP contribution in [0.5, 0.6) is 0 Å². The molecule has 0 amide bonds. The molecular weight excluding hydrogens is 400 g/mol. The Morgan fingerprint density at radius 3 is 1.72 bits per heavy atom. The summed E-state index contributed by atoms with van der Waals surface area (Å²) in [7, 11) is -2.48. The van der Waals surface area contributed by atoms with E-state index in [-0.39, 0.29) is 5.11 Å². The fraction of sp³-hybridized carbons (Fsp3) is 0.696. The quantitative estimate of drug-likeness (QED) is 0.147. The Bertz CT molecular complexity index is 622. The van der Waals surface area contributed by atoms with Gasteiger partial charge in [-0.15, -0.1) is 0 Å². The first-order valence-corrected chi connectivity index (χ1v) is 13.0. The van der Waals surface area contributed by atoms with E-state index in [4.69, 9.17) is 18.0 Å². The standard InChI is InChI=1S/C23H40N2O2S2/c1-2-3-4-5-6-7-8-9-10-11-12-13-14-15-22(29(26)27)20-16-18-21(19-17-20)25-23(24)28/h16-19,22,29H,2-15H2,1H3,(H3,24,25,28). The van der Waals surface area contributed by atoms with E-state index in [1.807, 2.05) is 24.3 Å². The van der Waals surface area contributed by atoms with Crippen molar-refractivity contribution in [2.75, 3.05) is 5.32 Å². The molecule has 1 aromatic rings. The Kier molecular flexibility index (Phi) is 14.9. The molecule has 3 N–H and O–H groups in total. The van der Waals surface area contributed by atoms with Crippen LogP contribution in [0.2, 0.25) is 0 Å². The molecule has 0 radical (unpaired) electrons. The van der Waals surface area contributed by atoms with E-state index in [1.54, 1.807) is 0 Å². The molecule has 0 spiro atoms. The Morgan fingerprint density at radius 1 is 0.862 bits per heavy atom. The molecule has 0 heterocycles. The van der Waals surface area contributed by atoms with Gasteiger partial charge in [0.25, 0.3) is 0 Å². The second kappa shape index (κ2) is 16.6. The highest BCUT2D eigenvalue weighted by molar-refractivity contribution is 7.80. The number of unbranched alkanes of at least 4 members (excludes halogenated alkanes) is 12. The van der Waals surface area contributed by atoms with E-state index in [9.17, 15) is 8.42 Å². The molecule has 1 rings (SSSR count). The van der Waals surface area contributed by atoms with Crippen LogP contribution in [-0.2, 0) is 10.7 Å². The van der Waals surface area contributed by atoms with E-state index >= 15 is 0 Å². The number of hydrogen-bond acceptors (Lipinski definition) is 3. The second-order valence-corrected chi connectivity index (χ2v) is 9.58. The predicted molar refractivity (Wildman–Crippen MR) is 130 cm³/mol. The molecule has 0 saturated carbocycles. The Morgan fingerprint density at radius 2 is 1.31 bits per heavy atom. The number of anilines is 1. The summed E-state index contributed by atoms with van der Waals surface area (Å²) in [5.74, 6) is 0. The topological polar surface area (TPSA) is 72.2 Å². The van der Waals surface area contributed by atoms with Crippen LogP contribution < -0.4 is 11.1 Å². The largest absolute Gasteiger partial charge is 0.376 e. The highest BCUT2D eigenvalue weighted by Crippen LogP contribution is 2.25. The fourth-order valence-electron chi connectivity index (χ4n) is 3.68. The Labute approximate surface area is 185 Å². The minimum atomic E-state index is -2.48. The number of benzene rings is 1. The summed E-state index contributed by atoms with van der Waals surface area (Å²) in [4.78, 5) is 0. The zero-order chi connectivity index (χ0) is 21.3. The zero-order valence-electron chi connectivity index (χ0n) is 18.0. The Balaban J connectivity index is 2.14. The van der Waals surface area contributed by atoms with Crippen molar-refractivity contribution in [1.29, 1.82) is 0 Å². The molecule has 0 aromatic heterocycles. The molecule has 0 aliphatic carbocycles. The third kappa shape index (κ3) is 12.9. The van der Waals surface area contributed by atoms with Crippen LogP contribution in [0.1, 0.15) is 108 Å². The van der Waals surface area contributed by atoms with Crippen molar-refractivity contribution in [3.63, 3.8) is 0 Å². The van der Waals surface area contributed by atoms with Crippen molar-refractivity contribution < 1.29 is 8.42 Å². The van der Waals surface area contributed by atoms with E-state index in [1.165, 1.54) is 70.6 Å². The predicted octanol–water partition coefficient (Wildman–Crippen LogP) is 6.48. The van der Waals surface area contributed by atoms with Crippen molar-refractivity contribution >= 4 is 33.7 Å². The molecular formula is C23H40N2O2S2. The van der Waals surface area contributed by atoms with Gasteiger partial charge in [0.2, 0.25) is 0 Å². The molecule has 1 unspecified atom stereocenters. The lowest BCUT2D eigenvalue weighted by molar-refractivity contribution is 0.531. The van der Waals surface area contributed by atoms with E-state index in [0.29, 0.717) is 6.42 Å². The number of thiol groups is 1. The number of thiocarbonyl (C=S) groups is 1. The van der Waals surface area contributed by atoms with Gasteiger partial charge in [0.05, 0.1) is 5.25 Å². The van der Waals surface area contributed by atoms with E-state index < -0.39 is 16.0 Å². The SMILES string of the molecule is CCCCCCCCCCCCCCCC(c1ccc(NC(N)=S)cc1)[SH](=O)=O. The monoisotopic (exact) mass is 440 g/mol. The molecule has 0 fully saturated rings. The van der Waals surface area contributed by atoms with Crippen LogP contribution in [0.3, 0.4) is 0 Å². The first-order chi connectivity index (χ1) is 14.0. The van der Waals surface area contributed by atoms with Gasteiger partial charge in [0, 0.05) is 5.69 Å². The summed E-state index contributed by atoms with van der Waals surface area (Å²) >= 11 is 4.81. The van der Waals surface area contributed by atoms with Crippen LogP contribution in [-0.4, -0.2) is 13.5 Å². The normalized spacial score (nSPS) is 12.2. The average molecular weight is 441 g/mol. The molecule has 166 valence electrons. The lowest BCUT2D eigenvalue weighted by Gasteiger charge is -2.12. The van der Waals surface area contributed by atoms with Crippen LogP contribution in [0.25, 0.3) is 0 Å². The van der Waals surface area contributed by atoms with Crippen molar-refractivity contribution in [2.45, 2.75) is 102 Å². The molecule has 0 aliphatic rings. The van der Waals surface area contributed by atoms with Gasteiger partial charge in [-0.2, -0.15) is 0 Å². The number of hydrogen-bond donors (Lipinski definition) is 3. The molecule has 6 heteroatoms. The summed E-state index contributed by atoms with van der Waals surface area (Å²) in [5.41, 5.74) is 7.08. The first kappa shape index (κ1) is 25.9. The smallest absolute Gasteiger partial charge is 0.168 e. The maximum Gasteiger partial charge on any atom is 0.168 e. The fourth-order valence-corrected chi connectivity index (χ4v) is 4.61. The molecule has 0 aliphatic heterocycles. The minimum absolute atomic E-state index is 0.205. The number of rotatable bonds is 17. The number of nitrogens with two attached hydrogens (primary N) is 1. The van der Waals surface area contributed by atoms with Crippen molar-refractivity contribution in [1.82, 2.24) is 0 Å². The first-order valence-electron chi connectivity index (χ1n) is 11.3. The van der Waals surface area contributed by atoms with Gasteiger partial charge in [-0.1, -0.05) is 103 Å². The van der Waals surface area contributed by atoms with Gasteiger partial charge in [-0.05, 0) is 36.3 Å². The molecule has 0 saturated heterocycles. The highest BCUT2D eigenvalue weighted by Gasteiger charge is 2.14. The lowest BCUT2D eigenvalue weighted by atomic mass is 10.0. The summed E-state index contributed by atoms with van der Waals surface area (Å²) in [6.45, 7) is 2.26. The minimum Gasteiger partial charge on any atom is -0.376 e. The summed E-state index contributed by atoms with van der Waals surface area (Å²) < 4.78 is 23.4. The van der Waals surface area contributed by atoms with Gasteiger partial charge in [-0.3, -0.25) is 0 Å². The summed E-state index contributed by atoms with van der Waals surface area (Å²) in [6.07, 6.45) is 17.5. The van der Waals surface area contributed by atoms with Gasteiger partial charge >= 0.3 is 0 Å². The molecule has 1 atom stereocenters. The van der Waals surface area contributed by atoms with Gasteiger partial charge < -0.3 is 11.1 Å². The lowest BCUT2D eigenvalue weighted by Crippen LogP contribution is -2.18. The molecule has 1 aromatic carbocycles. The van der Waals surface area contributed by atoms with Crippen molar-refractivity contribution in [2.24, 2.45) is 5.73 Å². The number of nitrogens with one attached hydrogen (secondary N) is 1. The molecule has 0 bridgehead atoms. The molecule has 29 heavy (non-hydrogen) atoms. The zero-order valence-corrected chi connectivity index (χ0v) is 19.7. The van der Waals surface area contributed by atoms with Crippen LogP contribution in [0.15, 0.2) is 24.3 Å². The third-order valence-electron chi connectivity index (χ3n) is 5.40. The highest BCUT2D eigenvalue weighted by atomic mass is 32.2. The second-order valence-electron chi connectivity index (χ2n) is 7.94. The summed E-state index contributed by atoms with van der Waals surface area (Å²) in [6, 6.07) is 7.34. The average Bonchev–Trinajstić information content (AvgIpc) is 2.68. The van der Waals surface area contributed by atoms with Crippen LogP contribution in [0, 0.1) is 0 Å². The van der Waals surface area contributed by atoms with Gasteiger partial charge in [-0.25, -0.2) is 8.42 Å². The van der Waals surface area contributed by atoms with Crippen LogP contribution >= 0.6 is 12.2 Å². The third-order valence-corrected chi connectivity index (χ3v) is 6.57. The maximum absolute atomic E-state index is 11.7.